The molecule has 18 atom stereocenters. The fourth-order valence-corrected chi connectivity index (χ4v) is 15.8. The fourth-order valence-electron chi connectivity index (χ4n) is 15.8. The van der Waals surface area contributed by atoms with Crippen molar-refractivity contribution in [3.63, 3.8) is 0 Å². The molecule has 11 rings (SSSR count). The Morgan fingerprint density at radius 2 is 0.804 bits per heavy atom. The average molecular weight is 633 g/mol. The Hall–Kier alpha value is -0.240. The van der Waals surface area contributed by atoms with Crippen LogP contribution in [0.5, 0.6) is 0 Å². The molecule has 6 nitrogen and oxygen atoms in total. The van der Waals surface area contributed by atoms with Crippen molar-refractivity contribution in [1.82, 2.24) is 20.4 Å². The van der Waals surface area contributed by atoms with Crippen molar-refractivity contribution < 1.29 is 9.47 Å². The Bertz CT molecular complexity index is 1050. The molecule has 0 aromatic carbocycles. The summed E-state index contributed by atoms with van der Waals surface area (Å²) in [7, 11) is 0. The van der Waals surface area contributed by atoms with Gasteiger partial charge in [0, 0.05) is 61.2 Å². The van der Waals surface area contributed by atoms with Crippen LogP contribution in [0.1, 0.15) is 128 Å². The molecule has 18 unspecified atom stereocenters. The normalized spacial score (nSPS) is 58.2. The highest BCUT2D eigenvalue weighted by Gasteiger charge is 2.65. The molecular formula is C40H64N4O2. The van der Waals surface area contributed by atoms with Crippen molar-refractivity contribution >= 4 is 0 Å². The first-order valence-electron chi connectivity index (χ1n) is 21.1. The van der Waals surface area contributed by atoms with Crippen LogP contribution < -0.4 is 10.6 Å². The van der Waals surface area contributed by atoms with E-state index in [9.17, 15) is 0 Å². The third-order valence-corrected chi connectivity index (χ3v) is 17.2. The number of rotatable bonds is 2. The number of fused-ring (bicyclic) bond motifs is 13. The first-order chi connectivity index (χ1) is 22.8. The lowest BCUT2D eigenvalue weighted by atomic mass is 9.66. The summed E-state index contributed by atoms with van der Waals surface area (Å²) < 4.78 is 13.5. The highest BCUT2D eigenvalue weighted by atomic mass is 16.5. The number of piperidine rings is 2. The fraction of sp³-hybridized carbons (Fsp3) is 1.00. The maximum Gasteiger partial charge on any atom is 0.111 e. The maximum atomic E-state index is 6.74. The quantitative estimate of drug-likeness (QED) is 0.374. The molecule has 46 heavy (non-hydrogen) atoms. The zero-order chi connectivity index (χ0) is 29.9. The number of hydrogen-bond donors (Lipinski definition) is 2. The monoisotopic (exact) mass is 633 g/mol. The van der Waals surface area contributed by atoms with E-state index in [1.165, 1.54) is 142 Å². The van der Waals surface area contributed by atoms with Gasteiger partial charge in [-0.15, -0.1) is 0 Å². The van der Waals surface area contributed by atoms with Crippen LogP contribution in [0.2, 0.25) is 0 Å². The largest absolute Gasteiger partial charge is 0.360 e. The van der Waals surface area contributed by atoms with Crippen LogP contribution >= 0.6 is 0 Å². The van der Waals surface area contributed by atoms with Crippen molar-refractivity contribution in [1.29, 1.82) is 0 Å². The van der Waals surface area contributed by atoms with E-state index >= 15 is 0 Å². The standard InChI is InChI=1S/C40H64N4O2/c1-5-13-33-25(9-1)29-17-18-30-26-10-2-6-14-34(26)44(24-20-32-28-12-4-8-16-36(28)46-40(32)42-22-24)38(30)37(29)43(33)23-19-31-27-11-3-7-15-35(27)45-39(31)41-21-23/h23-42H,1-22H2. The second kappa shape index (κ2) is 11.7. The summed E-state index contributed by atoms with van der Waals surface area (Å²) in [6.45, 7) is 2.35. The molecule has 6 heterocycles. The van der Waals surface area contributed by atoms with Gasteiger partial charge < -0.3 is 9.47 Å². The summed E-state index contributed by atoms with van der Waals surface area (Å²) >= 11 is 0. The summed E-state index contributed by atoms with van der Waals surface area (Å²) in [6, 6.07) is 4.72. The second-order valence-corrected chi connectivity index (χ2v) is 18.8. The molecule has 0 bridgehead atoms. The molecule has 0 aromatic heterocycles. The van der Waals surface area contributed by atoms with Gasteiger partial charge in [-0.1, -0.05) is 51.4 Å². The van der Waals surface area contributed by atoms with Gasteiger partial charge in [0.2, 0.25) is 0 Å². The lowest BCUT2D eigenvalue weighted by Gasteiger charge is -2.52. The van der Waals surface area contributed by atoms with Crippen LogP contribution in [0.25, 0.3) is 0 Å². The highest BCUT2D eigenvalue weighted by molar-refractivity contribution is 5.18. The van der Waals surface area contributed by atoms with Crippen LogP contribution in [-0.2, 0) is 9.47 Å². The summed E-state index contributed by atoms with van der Waals surface area (Å²) in [4.78, 5) is 6.67. The van der Waals surface area contributed by atoms with Crippen molar-refractivity contribution in [2.24, 2.45) is 47.3 Å². The summed E-state index contributed by atoms with van der Waals surface area (Å²) in [5.74, 6) is 6.94. The van der Waals surface area contributed by atoms with Crippen LogP contribution in [-0.4, -0.2) is 83.8 Å². The van der Waals surface area contributed by atoms with Crippen molar-refractivity contribution in [3.05, 3.63) is 0 Å². The Labute approximate surface area is 279 Å². The maximum absolute atomic E-state index is 6.74. The van der Waals surface area contributed by atoms with Crippen LogP contribution in [0, 0.1) is 47.3 Å². The lowest BCUT2D eigenvalue weighted by Crippen LogP contribution is -2.65. The molecule has 11 aliphatic rings. The molecule has 11 fully saturated rings. The molecule has 6 aliphatic heterocycles. The minimum absolute atomic E-state index is 0.341. The van der Waals surface area contributed by atoms with Gasteiger partial charge in [-0.3, -0.25) is 20.4 Å². The van der Waals surface area contributed by atoms with Crippen molar-refractivity contribution in [2.75, 3.05) is 13.1 Å². The Morgan fingerprint density at radius 3 is 1.28 bits per heavy atom. The van der Waals surface area contributed by atoms with Gasteiger partial charge in [-0.05, 0) is 113 Å². The van der Waals surface area contributed by atoms with Gasteiger partial charge in [0.05, 0.1) is 12.2 Å². The minimum atomic E-state index is 0.341. The summed E-state index contributed by atoms with van der Waals surface area (Å²) in [5, 5.41) is 8.18. The van der Waals surface area contributed by atoms with E-state index in [0.717, 1.165) is 83.6 Å². The molecule has 0 amide bonds. The number of nitrogens with one attached hydrogen (secondary N) is 2. The van der Waals surface area contributed by atoms with E-state index < -0.39 is 0 Å². The van der Waals surface area contributed by atoms with Crippen LogP contribution in [0.3, 0.4) is 0 Å². The predicted molar refractivity (Wildman–Crippen MR) is 180 cm³/mol. The molecular weight excluding hydrogens is 568 g/mol. The van der Waals surface area contributed by atoms with Crippen molar-refractivity contribution in [3.8, 4) is 0 Å². The molecule has 6 saturated heterocycles. The van der Waals surface area contributed by atoms with Crippen LogP contribution in [0.15, 0.2) is 0 Å². The SMILES string of the molecule is C1CCC2C(C1)OC1NCC(N3C4CCCCC4C4CCC5C6CCCCC6N(C6CNC7OC8CCCCC8C7C6)C5C43)CC12. The highest BCUT2D eigenvalue weighted by Crippen LogP contribution is 2.60. The number of nitrogens with zero attached hydrogens (tertiary/aromatic N) is 2. The predicted octanol–water partition coefficient (Wildman–Crippen LogP) is 6.29. The van der Waals surface area contributed by atoms with Gasteiger partial charge >= 0.3 is 0 Å². The Kier molecular flexibility index (Phi) is 7.47. The molecule has 0 aromatic rings. The van der Waals surface area contributed by atoms with E-state index in [4.69, 9.17) is 9.47 Å². The topological polar surface area (TPSA) is 49.0 Å². The van der Waals surface area contributed by atoms with Crippen molar-refractivity contribution in [2.45, 2.75) is 189 Å². The van der Waals surface area contributed by atoms with Gasteiger partial charge in [0.15, 0.2) is 0 Å². The van der Waals surface area contributed by atoms with E-state index in [0.29, 0.717) is 24.7 Å². The molecule has 6 heteroatoms. The first kappa shape index (κ1) is 29.5. The lowest BCUT2D eigenvalue weighted by molar-refractivity contribution is -0.0556. The number of likely N-dealkylation sites (tertiary alicyclic amines) is 2. The zero-order valence-electron chi connectivity index (χ0n) is 28.7. The Balaban J connectivity index is 0.939. The molecule has 5 aliphatic carbocycles. The Morgan fingerprint density at radius 1 is 0.391 bits per heavy atom. The third kappa shape index (κ3) is 4.41. The molecule has 0 spiro atoms. The first-order valence-corrected chi connectivity index (χ1v) is 21.1. The van der Waals surface area contributed by atoms with E-state index in [1.807, 2.05) is 0 Å². The van der Waals surface area contributed by atoms with Gasteiger partial charge in [-0.25, -0.2) is 0 Å². The van der Waals surface area contributed by atoms with Crippen LogP contribution in [0.4, 0.5) is 0 Å². The zero-order valence-corrected chi connectivity index (χ0v) is 28.7. The molecule has 0 radical (unpaired) electrons. The average Bonchev–Trinajstić information content (AvgIpc) is 3.85. The summed E-state index contributed by atoms with van der Waals surface area (Å²) in [6.07, 6.45) is 30.7. The molecule has 2 N–H and O–H groups in total. The van der Waals surface area contributed by atoms with E-state index in [1.54, 1.807) is 0 Å². The smallest absolute Gasteiger partial charge is 0.111 e. The third-order valence-electron chi connectivity index (χ3n) is 17.2. The molecule has 5 saturated carbocycles. The number of ether oxygens (including phenoxy) is 2. The summed E-state index contributed by atoms with van der Waals surface area (Å²) in [5.41, 5.74) is 0. The second-order valence-electron chi connectivity index (χ2n) is 18.8. The van der Waals surface area contributed by atoms with Gasteiger partial charge in [0.25, 0.3) is 0 Å². The van der Waals surface area contributed by atoms with Gasteiger partial charge in [0.1, 0.15) is 12.5 Å². The van der Waals surface area contributed by atoms with E-state index in [2.05, 4.69) is 20.4 Å². The van der Waals surface area contributed by atoms with E-state index in [-0.39, 0.29) is 0 Å². The minimum Gasteiger partial charge on any atom is -0.360 e. The molecule has 256 valence electrons. The van der Waals surface area contributed by atoms with Gasteiger partial charge in [-0.2, -0.15) is 0 Å². The number of hydrogen-bond acceptors (Lipinski definition) is 6.